The molecular formula is C16H34ClNO3. The minimum absolute atomic E-state index is 0.209. The first-order valence-electron chi connectivity index (χ1n) is 8.24. The van der Waals surface area contributed by atoms with E-state index in [4.69, 9.17) is 25.8 Å². The normalized spacial score (nSPS) is 13.0. The molecule has 0 aliphatic heterocycles. The minimum Gasteiger partial charge on any atom is -0.379 e. The molecule has 4 nitrogen and oxygen atoms in total. The predicted molar refractivity (Wildman–Crippen MR) is 89.3 cm³/mol. The maximum atomic E-state index is 6.18. The summed E-state index contributed by atoms with van der Waals surface area (Å²) in [6.45, 7) is 12.3. The highest BCUT2D eigenvalue weighted by Crippen LogP contribution is 2.09. The third kappa shape index (κ3) is 18.1. The number of nitrogens with one attached hydrogen (secondary N) is 1. The Morgan fingerprint density at radius 3 is 2.05 bits per heavy atom. The number of ether oxygens (including phenoxy) is 3. The molecule has 0 saturated heterocycles. The zero-order valence-electron chi connectivity index (χ0n) is 14.0. The number of alkyl halides is 1. The van der Waals surface area contributed by atoms with E-state index < -0.39 is 0 Å². The molecule has 0 amide bonds. The van der Waals surface area contributed by atoms with E-state index in [1.54, 1.807) is 0 Å². The molecule has 0 aromatic rings. The Bertz CT molecular complexity index is 206. The molecule has 0 radical (unpaired) electrons. The highest BCUT2D eigenvalue weighted by Gasteiger charge is 2.05. The molecule has 0 aromatic carbocycles. The summed E-state index contributed by atoms with van der Waals surface area (Å²) in [5.74, 6) is 0.647. The fourth-order valence-corrected chi connectivity index (χ4v) is 2.25. The van der Waals surface area contributed by atoms with Gasteiger partial charge < -0.3 is 19.5 Å². The molecule has 1 N–H and O–H groups in total. The molecule has 0 heterocycles. The number of halogens is 1. The van der Waals surface area contributed by atoms with Gasteiger partial charge in [-0.3, -0.25) is 0 Å². The Labute approximate surface area is 135 Å². The molecule has 0 fully saturated rings. The summed E-state index contributed by atoms with van der Waals surface area (Å²) in [7, 11) is 0. The first kappa shape index (κ1) is 21.1. The summed E-state index contributed by atoms with van der Waals surface area (Å²) in [4.78, 5) is 0. The number of hydrogen-bond acceptors (Lipinski definition) is 4. The second-order valence-corrected chi connectivity index (χ2v) is 6.24. The fourth-order valence-electron chi connectivity index (χ4n) is 1.79. The summed E-state index contributed by atoms with van der Waals surface area (Å²) in [5, 5.41) is 3.51. The molecule has 128 valence electrons. The first-order valence-corrected chi connectivity index (χ1v) is 8.68. The van der Waals surface area contributed by atoms with Gasteiger partial charge in [0, 0.05) is 25.1 Å². The molecule has 1 atom stereocenters. The third-order valence-electron chi connectivity index (χ3n) is 2.90. The van der Waals surface area contributed by atoms with E-state index in [0.717, 1.165) is 32.5 Å². The summed E-state index contributed by atoms with van der Waals surface area (Å²) in [6, 6.07) is 0. The van der Waals surface area contributed by atoms with E-state index in [2.05, 4.69) is 26.1 Å². The molecule has 0 aliphatic rings. The largest absolute Gasteiger partial charge is 0.379 e. The molecule has 0 bridgehead atoms. The van der Waals surface area contributed by atoms with Crippen molar-refractivity contribution in [2.75, 3.05) is 52.7 Å². The lowest BCUT2D eigenvalue weighted by Crippen LogP contribution is -2.28. The average Bonchev–Trinajstić information content (AvgIpc) is 2.43. The van der Waals surface area contributed by atoms with Gasteiger partial charge in [0.05, 0.1) is 33.0 Å². The van der Waals surface area contributed by atoms with Gasteiger partial charge in [-0.2, -0.15) is 0 Å². The van der Waals surface area contributed by atoms with Gasteiger partial charge in [-0.05, 0) is 18.8 Å². The van der Waals surface area contributed by atoms with Crippen molar-refractivity contribution in [2.24, 2.45) is 5.92 Å². The van der Waals surface area contributed by atoms with Crippen LogP contribution in [0.1, 0.15) is 40.0 Å². The Hall–Kier alpha value is 0.130. The van der Waals surface area contributed by atoms with Gasteiger partial charge in [0.2, 0.25) is 0 Å². The minimum atomic E-state index is 0.209. The fraction of sp³-hybridized carbons (Fsp3) is 1.00. The molecule has 0 aromatic heterocycles. The quantitative estimate of drug-likeness (QED) is 0.350. The van der Waals surface area contributed by atoms with Crippen molar-refractivity contribution in [3.8, 4) is 0 Å². The summed E-state index contributed by atoms with van der Waals surface area (Å²) >= 11 is 6.18. The molecule has 1 unspecified atom stereocenters. The van der Waals surface area contributed by atoms with Crippen LogP contribution in [0.25, 0.3) is 0 Å². The maximum Gasteiger partial charge on any atom is 0.0701 e. The van der Waals surface area contributed by atoms with Gasteiger partial charge in [0.15, 0.2) is 0 Å². The Kier molecular flexibility index (Phi) is 16.6. The standard InChI is InChI=1S/C16H34ClNO3/c1-4-5-7-19-9-11-21-12-10-20-8-6-18-14-16(17)13-15(2)3/h15-16,18H,4-14H2,1-3H3. The van der Waals surface area contributed by atoms with Crippen molar-refractivity contribution < 1.29 is 14.2 Å². The first-order chi connectivity index (χ1) is 10.2. The lowest BCUT2D eigenvalue weighted by molar-refractivity contribution is 0.0147. The molecular weight excluding hydrogens is 290 g/mol. The Balaban J connectivity index is 3.05. The molecule has 0 rings (SSSR count). The monoisotopic (exact) mass is 323 g/mol. The van der Waals surface area contributed by atoms with Crippen molar-refractivity contribution in [3.05, 3.63) is 0 Å². The lowest BCUT2D eigenvalue weighted by Gasteiger charge is -2.13. The third-order valence-corrected chi connectivity index (χ3v) is 3.23. The molecule has 0 spiro atoms. The molecule has 0 aliphatic carbocycles. The van der Waals surface area contributed by atoms with Crippen LogP contribution in [-0.4, -0.2) is 58.1 Å². The van der Waals surface area contributed by atoms with Crippen LogP contribution in [0.4, 0.5) is 0 Å². The second-order valence-electron chi connectivity index (χ2n) is 5.62. The van der Waals surface area contributed by atoms with Crippen LogP contribution in [0.5, 0.6) is 0 Å². The van der Waals surface area contributed by atoms with Gasteiger partial charge in [-0.15, -0.1) is 11.6 Å². The molecule has 0 saturated carbocycles. The van der Waals surface area contributed by atoms with Gasteiger partial charge in [-0.1, -0.05) is 27.2 Å². The second kappa shape index (κ2) is 16.5. The van der Waals surface area contributed by atoms with Crippen molar-refractivity contribution in [2.45, 2.75) is 45.4 Å². The van der Waals surface area contributed by atoms with E-state index in [0.29, 0.717) is 39.0 Å². The van der Waals surface area contributed by atoms with Crippen LogP contribution >= 0.6 is 11.6 Å². The van der Waals surface area contributed by atoms with E-state index in [1.807, 2.05) is 0 Å². The van der Waals surface area contributed by atoms with Crippen LogP contribution in [0.2, 0.25) is 0 Å². The van der Waals surface area contributed by atoms with E-state index >= 15 is 0 Å². The maximum absolute atomic E-state index is 6.18. The van der Waals surface area contributed by atoms with Crippen molar-refractivity contribution >= 4 is 11.6 Å². The summed E-state index contributed by atoms with van der Waals surface area (Å²) < 4.78 is 16.3. The number of hydrogen-bond donors (Lipinski definition) is 1. The van der Waals surface area contributed by atoms with Gasteiger partial charge in [0.1, 0.15) is 0 Å². The van der Waals surface area contributed by atoms with Crippen molar-refractivity contribution in [1.82, 2.24) is 5.32 Å². The van der Waals surface area contributed by atoms with E-state index in [9.17, 15) is 0 Å². The topological polar surface area (TPSA) is 39.7 Å². The summed E-state index contributed by atoms with van der Waals surface area (Å²) in [5.41, 5.74) is 0. The average molecular weight is 324 g/mol. The SMILES string of the molecule is CCCCOCCOCCOCCNCC(Cl)CC(C)C. The van der Waals surface area contributed by atoms with Crippen LogP contribution in [-0.2, 0) is 14.2 Å². The van der Waals surface area contributed by atoms with Crippen molar-refractivity contribution in [3.63, 3.8) is 0 Å². The highest BCUT2D eigenvalue weighted by molar-refractivity contribution is 6.20. The Morgan fingerprint density at radius 2 is 1.48 bits per heavy atom. The zero-order valence-corrected chi connectivity index (χ0v) is 14.8. The van der Waals surface area contributed by atoms with Crippen LogP contribution < -0.4 is 5.32 Å². The van der Waals surface area contributed by atoms with E-state index in [1.165, 1.54) is 6.42 Å². The van der Waals surface area contributed by atoms with Gasteiger partial charge in [0.25, 0.3) is 0 Å². The van der Waals surface area contributed by atoms with Gasteiger partial charge >= 0.3 is 0 Å². The number of rotatable bonds is 16. The number of unbranched alkanes of at least 4 members (excludes halogenated alkanes) is 1. The smallest absolute Gasteiger partial charge is 0.0701 e. The van der Waals surface area contributed by atoms with Crippen molar-refractivity contribution in [1.29, 1.82) is 0 Å². The van der Waals surface area contributed by atoms with Gasteiger partial charge in [-0.25, -0.2) is 0 Å². The predicted octanol–water partition coefficient (Wildman–Crippen LogP) is 3.08. The lowest BCUT2D eigenvalue weighted by atomic mass is 10.1. The van der Waals surface area contributed by atoms with Crippen LogP contribution in [0, 0.1) is 5.92 Å². The van der Waals surface area contributed by atoms with Crippen LogP contribution in [0.3, 0.4) is 0 Å². The zero-order chi connectivity index (χ0) is 15.8. The Morgan fingerprint density at radius 1 is 0.905 bits per heavy atom. The van der Waals surface area contributed by atoms with Crippen LogP contribution in [0.15, 0.2) is 0 Å². The summed E-state index contributed by atoms with van der Waals surface area (Å²) in [6.07, 6.45) is 3.34. The molecule has 21 heavy (non-hydrogen) atoms. The van der Waals surface area contributed by atoms with E-state index in [-0.39, 0.29) is 5.38 Å². The highest BCUT2D eigenvalue weighted by atomic mass is 35.5. The molecule has 5 heteroatoms.